The van der Waals surface area contributed by atoms with E-state index in [1.807, 2.05) is 0 Å². The Bertz CT molecular complexity index is 659. The van der Waals surface area contributed by atoms with Crippen molar-refractivity contribution in [3.8, 4) is 0 Å². The molecule has 2 unspecified atom stereocenters. The molecule has 3 aliphatic carbocycles. The maximum absolute atomic E-state index is 11.4. The molecule has 4 heteroatoms. The number of hydrogen-bond donors (Lipinski definition) is 2. The Balaban J connectivity index is 1.95. The van der Waals surface area contributed by atoms with E-state index in [1.165, 1.54) is 23.6 Å². The lowest BCUT2D eigenvalue weighted by atomic mass is 9.48. The highest BCUT2D eigenvalue weighted by atomic mass is 16.5. The summed E-state index contributed by atoms with van der Waals surface area (Å²) in [6.07, 6.45) is 4.60. The van der Waals surface area contributed by atoms with Gasteiger partial charge in [-0.15, -0.1) is 0 Å². The van der Waals surface area contributed by atoms with E-state index in [0.29, 0.717) is 37.0 Å². The maximum Gasteiger partial charge on any atom is 0.302 e. The van der Waals surface area contributed by atoms with E-state index in [-0.39, 0.29) is 16.8 Å². The molecule has 3 rings (SSSR count). The van der Waals surface area contributed by atoms with Crippen molar-refractivity contribution in [2.75, 3.05) is 6.61 Å². The Morgan fingerprint density at radius 2 is 1.96 bits per heavy atom. The van der Waals surface area contributed by atoms with Crippen LogP contribution in [0.5, 0.6) is 0 Å². The van der Waals surface area contributed by atoms with E-state index in [9.17, 15) is 15.0 Å². The van der Waals surface area contributed by atoms with E-state index in [4.69, 9.17) is 4.74 Å². The van der Waals surface area contributed by atoms with Crippen LogP contribution >= 0.6 is 0 Å². The molecule has 1 saturated carbocycles. The molecule has 0 spiro atoms. The molecule has 0 saturated heterocycles. The molecule has 0 aromatic carbocycles. The first-order chi connectivity index (χ1) is 12.1. The SMILES string of the molecule is CC(=O)OCC1(C)C[C@H](O)C[C@]2(C)C3=C(CCC12)CC(C(C)C)=C(O)C3. The van der Waals surface area contributed by atoms with Crippen molar-refractivity contribution in [3.05, 3.63) is 22.5 Å². The van der Waals surface area contributed by atoms with Gasteiger partial charge >= 0.3 is 5.97 Å². The smallest absolute Gasteiger partial charge is 0.302 e. The summed E-state index contributed by atoms with van der Waals surface area (Å²) in [7, 11) is 0. The fourth-order valence-electron chi connectivity index (χ4n) is 6.13. The van der Waals surface area contributed by atoms with Gasteiger partial charge in [0.1, 0.15) is 0 Å². The lowest BCUT2D eigenvalue weighted by molar-refractivity contribution is -0.153. The minimum atomic E-state index is -0.402. The number of rotatable bonds is 3. The van der Waals surface area contributed by atoms with E-state index in [1.54, 1.807) is 0 Å². The zero-order chi connectivity index (χ0) is 19.3. The molecule has 0 aliphatic heterocycles. The van der Waals surface area contributed by atoms with Gasteiger partial charge in [0.15, 0.2) is 0 Å². The van der Waals surface area contributed by atoms with Crippen molar-refractivity contribution in [1.29, 1.82) is 0 Å². The number of carbonyl (C=O) groups is 1. The third-order valence-electron chi connectivity index (χ3n) is 7.24. The number of ether oxygens (including phenoxy) is 1. The van der Waals surface area contributed by atoms with Crippen molar-refractivity contribution < 1.29 is 19.7 Å². The average molecular weight is 363 g/mol. The van der Waals surface area contributed by atoms with Crippen LogP contribution < -0.4 is 0 Å². The quantitative estimate of drug-likeness (QED) is 0.565. The first-order valence-corrected chi connectivity index (χ1v) is 10.0. The maximum atomic E-state index is 11.4. The Kier molecular flexibility index (Phi) is 5.02. The van der Waals surface area contributed by atoms with Crippen molar-refractivity contribution >= 4 is 5.97 Å². The van der Waals surface area contributed by atoms with E-state index in [2.05, 4.69) is 27.7 Å². The molecule has 0 heterocycles. The summed E-state index contributed by atoms with van der Waals surface area (Å²) in [6, 6.07) is 0. The van der Waals surface area contributed by atoms with Crippen LogP contribution in [0.25, 0.3) is 0 Å². The van der Waals surface area contributed by atoms with Gasteiger partial charge in [0.2, 0.25) is 0 Å². The molecule has 0 aromatic heterocycles. The molecule has 1 fully saturated rings. The fraction of sp³-hybridized carbons (Fsp3) is 0.773. The van der Waals surface area contributed by atoms with Crippen LogP contribution in [-0.2, 0) is 9.53 Å². The van der Waals surface area contributed by atoms with E-state index < -0.39 is 6.10 Å². The van der Waals surface area contributed by atoms with Crippen LogP contribution in [0.15, 0.2) is 22.5 Å². The average Bonchev–Trinajstić information content (AvgIpc) is 2.52. The second-order valence-corrected chi connectivity index (χ2v) is 9.57. The number of aliphatic hydroxyl groups is 2. The molecule has 4 atom stereocenters. The highest BCUT2D eigenvalue weighted by Gasteiger charge is 2.55. The molecule has 0 radical (unpaired) electrons. The fourth-order valence-corrected chi connectivity index (χ4v) is 6.13. The Labute approximate surface area is 157 Å². The summed E-state index contributed by atoms with van der Waals surface area (Å²) in [4.78, 5) is 11.4. The second kappa shape index (κ2) is 6.70. The molecular weight excluding hydrogens is 328 g/mol. The van der Waals surface area contributed by atoms with Crippen molar-refractivity contribution in [2.45, 2.75) is 79.2 Å². The first-order valence-electron chi connectivity index (χ1n) is 10.0. The molecule has 3 aliphatic rings. The molecule has 0 amide bonds. The molecule has 146 valence electrons. The van der Waals surface area contributed by atoms with Crippen LogP contribution in [0.2, 0.25) is 0 Å². The summed E-state index contributed by atoms with van der Waals surface area (Å²) < 4.78 is 5.41. The van der Waals surface area contributed by atoms with Gasteiger partial charge in [0.25, 0.3) is 0 Å². The van der Waals surface area contributed by atoms with Crippen LogP contribution in [0, 0.1) is 22.7 Å². The number of aliphatic hydroxyl groups excluding tert-OH is 2. The molecule has 4 nitrogen and oxygen atoms in total. The highest BCUT2D eigenvalue weighted by Crippen LogP contribution is 2.62. The highest BCUT2D eigenvalue weighted by molar-refractivity contribution is 5.65. The number of allylic oxidation sites excluding steroid dienone is 3. The Morgan fingerprint density at radius 1 is 1.27 bits per heavy atom. The normalized spacial score (nSPS) is 37.5. The largest absolute Gasteiger partial charge is 0.512 e. The topological polar surface area (TPSA) is 66.8 Å². The predicted octanol–water partition coefficient (Wildman–Crippen LogP) is 4.69. The van der Waals surface area contributed by atoms with E-state index in [0.717, 1.165) is 25.7 Å². The van der Waals surface area contributed by atoms with Gasteiger partial charge in [-0.1, -0.05) is 38.8 Å². The van der Waals surface area contributed by atoms with Crippen LogP contribution in [0.4, 0.5) is 0 Å². The van der Waals surface area contributed by atoms with Gasteiger partial charge in [-0.25, -0.2) is 0 Å². The lowest BCUT2D eigenvalue weighted by Gasteiger charge is -2.57. The molecule has 0 aromatic rings. The summed E-state index contributed by atoms with van der Waals surface area (Å²) in [5.41, 5.74) is 3.60. The summed E-state index contributed by atoms with van der Waals surface area (Å²) in [5, 5.41) is 21.3. The Hall–Kier alpha value is -1.29. The minimum absolute atomic E-state index is 0.142. The predicted molar refractivity (Wildman–Crippen MR) is 102 cm³/mol. The summed E-state index contributed by atoms with van der Waals surface area (Å²) in [6.45, 7) is 10.5. The van der Waals surface area contributed by atoms with Gasteiger partial charge in [0, 0.05) is 18.8 Å². The van der Waals surface area contributed by atoms with Gasteiger partial charge in [-0.3, -0.25) is 4.79 Å². The minimum Gasteiger partial charge on any atom is -0.512 e. The van der Waals surface area contributed by atoms with Gasteiger partial charge < -0.3 is 14.9 Å². The van der Waals surface area contributed by atoms with Crippen molar-refractivity contribution in [2.24, 2.45) is 22.7 Å². The standard InChI is InChI=1S/C22H34O4/c1-13(2)17-8-15-6-7-20-21(4,12-26-14(3)23)10-16(24)11-22(20,5)18(15)9-19(17)25/h13,16,20,24-25H,6-12H2,1-5H3/t16-,20?,21?,22+/m0/s1. The van der Waals surface area contributed by atoms with E-state index >= 15 is 0 Å². The third kappa shape index (κ3) is 3.21. The number of carbonyl (C=O) groups excluding carboxylic acids is 1. The molecular formula is C22H34O4. The zero-order valence-electron chi connectivity index (χ0n) is 16.9. The third-order valence-corrected chi connectivity index (χ3v) is 7.24. The number of hydrogen-bond acceptors (Lipinski definition) is 4. The Morgan fingerprint density at radius 3 is 2.58 bits per heavy atom. The monoisotopic (exact) mass is 362 g/mol. The number of fused-ring (bicyclic) bond motifs is 2. The van der Waals surface area contributed by atoms with Crippen LogP contribution in [0.1, 0.15) is 73.1 Å². The summed E-state index contributed by atoms with van der Waals surface area (Å²) in [5.74, 6) is 0.983. The molecule has 2 N–H and O–H groups in total. The van der Waals surface area contributed by atoms with Gasteiger partial charge in [0.05, 0.1) is 18.5 Å². The molecule has 0 bridgehead atoms. The van der Waals surface area contributed by atoms with Crippen molar-refractivity contribution in [1.82, 2.24) is 0 Å². The number of esters is 1. The van der Waals surface area contributed by atoms with Crippen LogP contribution in [0.3, 0.4) is 0 Å². The lowest BCUT2D eigenvalue weighted by Crippen LogP contribution is -2.53. The van der Waals surface area contributed by atoms with Gasteiger partial charge in [-0.2, -0.15) is 0 Å². The molecule has 26 heavy (non-hydrogen) atoms. The second-order valence-electron chi connectivity index (χ2n) is 9.57. The van der Waals surface area contributed by atoms with Crippen LogP contribution in [-0.4, -0.2) is 28.9 Å². The summed E-state index contributed by atoms with van der Waals surface area (Å²) >= 11 is 0. The zero-order valence-corrected chi connectivity index (χ0v) is 16.9. The first kappa shape index (κ1) is 19.5. The van der Waals surface area contributed by atoms with Gasteiger partial charge in [-0.05, 0) is 54.9 Å². The van der Waals surface area contributed by atoms with Crippen molar-refractivity contribution in [3.63, 3.8) is 0 Å².